The molecule has 0 unspecified atom stereocenters. The van der Waals surface area contributed by atoms with Crippen molar-refractivity contribution in [1.29, 1.82) is 0 Å². The van der Waals surface area contributed by atoms with Crippen LogP contribution in [0.3, 0.4) is 0 Å². The van der Waals surface area contributed by atoms with Gasteiger partial charge in [-0.2, -0.15) is 0 Å². The Hall–Kier alpha value is -2.62. The number of carbonyl (C=O) groups excluding carboxylic acids is 1. The van der Waals surface area contributed by atoms with Crippen molar-refractivity contribution < 1.29 is 14.1 Å². The Balaban J connectivity index is 1.90. The smallest absolute Gasteiger partial charge is 0.408 e. The van der Waals surface area contributed by atoms with Crippen molar-refractivity contribution in [1.82, 2.24) is 5.32 Å². The van der Waals surface area contributed by atoms with Gasteiger partial charge in [-0.3, -0.25) is 0 Å². The summed E-state index contributed by atoms with van der Waals surface area (Å²) in [6, 6.07) is 12.2. The van der Waals surface area contributed by atoms with Gasteiger partial charge in [0, 0.05) is 11.6 Å². The van der Waals surface area contributed by atoms with Crippen molar-refractivity contribution in [2.75, 3.05) is 6.61 Å². The number of allylic oxidation sites excluding steroid dienone is 1. The van der Waals surface area contributed by atoms with Crippen LogP contribution < -0.4 is 9.88 Å². The summed E-state index contributed by atoms with van der Waals surface area (Å²) in [5, 5.41) is 2.96. The fraction of sp³-hybridized carbons (Fsp3) is 0.391. The predicted molar refractivity (Wildman–Crippen MR) is 109 cm³/mol. The van der Waals surface area contributed by atoms with Gasteiger partial charge in [-0.25, -0.2) is 9.36 Å². The highest BCUT2D eigenvalue weighted by Crippen LogP contribution is 2.23. The van der Waals surface area contributed by atoms with Crippen LogP contribution in [0.15, 0.2) is 55.4 Å². The highest BCUT2D eigenvalue weighted by atomic mass is 16.5. The highest BCUT2D eigenvalue weighted by molar-refractivity contribution is 5.69. The third-order valence-electron chi connectivity index (χ3n) is 4.53. The van der Waals surface area contributed by atoms with Crippen LogP contribution in [0.1, 0.15) is 50.8 Å². The van der Waals surface area contributed by atoms with Crippen LogP contribution >= 0.6 is 0 Å². The lowest BCUT2D eigenvalue weighted by Crippen LogP contribution is -2.43. The lowest BCUT2D eigenvalue weighted by molar-refractivity contribution is -0.698. The van der Waals surface area contributed by atoms with E-state index in [4.69, 9.17) is 4.74 Å². The first-order valence-electron chi connectivity index (χ1n) is 9.51. The van der Waals surface area contributed by atoms with Crippen LogP contribution in [0.25, 0.3) is 5.57 Å². The van der Waals surface area contributed by atoms with E-state index in [2.05, 4.69) is 41.7 Å². The summed E-state index contributed by atoms with van der Waals surface area (Å²) in [5.74, 6) is 0. The molecule has 0 saturated heterocycles. The maximum Gasteiger partial charge on any atom is 0.408 e. The van der Waals surface area contributed by atoms with Crippen LogP contribution in [0, 0.1) is 0 Å². The molecule has 0 spiro atoms. The molecule has 1 aromatic carbocycles. The number of benzene rings is 1. The molecule has 2 aromatic rings. The summed E-state index contributed by atoms with van der Waals surface area (Å²) in [6.07, 6.45) is 5.86. The third kappa shape index (κ3) is 6.24. The fourth-order valence-corrected chi connectivity index (χ4v) is 2.93. The number of hydrogen-bond acceptors (Lipinski definition) is 2. The van der Waals surface area contributed by atoms with Gasteiger partial charge in [-0.1, -0.05) is 43.7 Å². The summed E-state index contributed by atoms with van der Waals surface area (Å²) in [7, 11) is 0. The van der Waals surface area contributed by atoms with Crippen LogP contribution in [0.4, 0.5) is 4.79 Å². The second kappa shape index (κ2) is 9.36. The van der Waals surface area contributed by atoms with Crippen LogP contribution in [-0.2, 0) is 23.2 Å². The van der Waals surface area contributed by atoms with E-state index in [-0.39, 0.29) is 0 Å². The maximum absolute atomic E-state index is 12.3. The molecule has 0 atom stereocenters. The quantitative estimate of drug-likeness (QED) is 0.692. The number of rotatable bonds is 8. The summed E-state index contributed by atoms with van der Waals surface area (Å²) >= 11 is 0. The number of hydrogen-bond donors (Lipinski definition) is 1. The fourth-order valence-electron chi connectivity index (χ4n) is 2.93. The Morgan fingerprint density at radius 2 is 2.04 bits per heavy atom. The van der Waals surface area contributed by atoms with Crippen molar-refractivity contribution in [2.45, 2.75) is 52.6 Å². The first-order valence-corrected chi connectivity index (χ1v) is 9.51. The first-order chi connectivity index (χ1) is 12.8. The molecule has 1 N–H and O–H groups in total. The number of ether oxygens (including phenoxy) is 1. The molecule has 0 radical (unpaired) electrons. The van der Waals surface area contributed by atoms with Gasteiger partial charge < -0.3 is 10.1 Å². The molecule has 1 aromatic heterocycles. The van der Waals surface area contributed by atoms with E-state index in [1.807, 2.05) is 51.2 Å². The van der Waals surface area contributed by atoms with Gasteiger partial charge in [-0.05, 0) is 50.5 Å². The summed E-state index contributed by atoms with van der Waals surface area (Å²) < 4.78 is 7.45. The van der Waals surface area contributed by atoms with Crippen molar-refractivity contribution in [3.8, 4) is 0 Å². The summed E-state index contributed by atoms with van der Waals surface area (Å²) in [5.41, 5.74) is 3.85. The number of aromatic nitrogens is 1. The van der Waals surface area contributed by atoms with Crippen LogP contribution in [-0.4, -0.2) is 12.7 Å². The Labute approximate surface area is 162 Å². The lowest BCUT2D eigenvalue weighted by Gasteiger charge is -2.27. The molecule has 144 valence electrons. The molecule has 0 bridgehead atoms. The van der Waals surface area contributed by atoms with E-state index < -0.39 is 11.6 Å². The number of aryl methyl sites for hydroxylation is 1. The normalized spacial score (nSPS) is 11.1. The molecule has 1 heterocycles. The van der Waals surface area contributed by atoms with E-state index in [9.17, 15) is 4.79 Å². The Kier molecular flexibility index (Phi) is 7.17. The van der Waals surface area contributed by atoms with Gasteiger partial charge in [0.25, 0.3) is 0 Å². The molecule has 0 aliphatic heterocycles. The standard InChI is InChI=1S/C23H30N2O2/c1-6-9-19-10-8-13-25(17-19)14-15-27-22(26)24-23(4,5)21-12-7-11-20(16-21)18(2)3/h7-8,10-13,16-17H,2,6,9,14-15H2,1,3-5H3/p+1. The van der Waals surface area contributed by atoms with Gasteiger partial charge in [0.15, 0.2) is 25.5 Å². The number of nitrogens with zero attached hydrogens (tertiary/aromatic N) is 1. The summed E-state index contributed by atoms with van der Waals surface area (Å²) in [4.78, 5) is 12.3. The molecular weight excluding hydrogens is 336 g/mol. The maximum atomic E-state index is 12.3. The average molecular weight is 368 g/mol. The Bertz CT molecular complexity index is 796. The van der Waals surface area contributed by atoms with Gasteiger partial charge >= 0.3 is 6.09 Å². The van der Waals surface area contributed by atoms with E-state index >= 15 is 0 Å². The van der Waals surface area contributed by atoms with Gasteiger partial charge in [0.2, 0.25) is 0 Å². The molecule has 0 fully saturated rings. The zero-order valence-corrected chi connectivity index (χ0v) is 16.9. The molecule has 2 rings (SSSR count). The number of pyridine rings is 1. The largest absolute Gasteiger partial charge is 0.443 e. The number of amides is 1. The van der Waals surface area contributed by atoms with Crippen molar-refractivity contribution in [3.05, 3.63) is 72.1 Å². The van der Waals surface area contributed by atoms with E-state index in [1.165, 1.54) is 5.56 Å². The molecule has 4 heteroatoms. The minimum Gasteiger partial charge on any atom is -0.443 e. The zero-order chi connectivity index (χ0) is 19.9. The van der Waals surface area contributed by atoms with Crippen LogP contribution in [0.2, 0.25) is 0 Å². The first kappa shape index (κ1) is 20.7. The molecule has 4 nitrogen and oxygen atoms in total. The number of alkyl carbamates (subject to hydrolysis) is 1. The number of nitrogens with one attached hydrogen (secondary N) is 1. The second-order valence-corrected chi connectivity index (χ2v) is 7.45. The predicted octanol–water partition coefficient (Wildman–Crippen LogP) is 4.62. The molecule has 0 saturated carbocycles. The average Bonchev–Trinajstić information content (AvgIpc) is 2.62. The Morgan fingerprint density at radius 1 is 1.26 bits per heavy atom. The van der Waals surface area contributed by atoms with E-state index in [1.54, 1.807) is 0 Å². The molecule has 1 amide bonds. The van der Waals surface area contributed by atoms with Gasteiger partial charge in [0.05, 0.1) is 5.54 Å². The molecule has 27 heavy (non-hydrogen) atoms. The summed E-state index contributed by atoms with van der Waals surface area (Å²) in [6.45, 7) is 13.0. The van der Waals surface area contributed by atoms with E-state index in [0.29, 0.717) is 13.2 Å². The topological polar surface area (TPSA) is 42.2 Å². The monoisotopic (exact) mass is 367 g/mol. The molecule has 0 aliphatic rings. The van der Waals surface area contributed by atoms with Gasteiger partial charge in [-0.15, -0.1) is 0 Å². The van der Waals surface area contributed by atoms with E-state index in [0.717, 1.165) is 29.5 Å². The van der Waals surface area contributed by atoms with Crippen LogP contribution in [0.5, 0.6) is 0 Å². The van der Waals surface area contributed by atoms with Gasteiger partial charge in [0.1, 0.15) is 0 Å². The molecule has 0 aliphatic carbocycles. The van der Waals surface area contributed by atoms with Crippen molar-refractivity contribution >= 4 is 11.7 Å². The minimum absolute atomic E-state index is 0.327. The zero-order valence-electron chi connectivity index (χ0n) is 16.9. The lowest BCUT2D eigenvalue weighted by atomic mass is 9.92. The van der Waals surface area contributed by atoms with Crippen molar-refractivity contribution in [2.24, 2.45) is 0 Å². The number of carbonyl (C=O) groups is 1. The Morgan fingerprint density at radius 3 is 2.74 bits per heavy atom. The highest BCUT2D eigenvalue weighted by Gasteiger charge is 2.24. The van der Waals surface area contributed by atoms with Crippen molar-refractivity contribution in [3.63, 3.8) is 0 Å². The third-order valence-corrected chi connectivity index (χ3v) is 4.53. The SMILES string of the molecule is C=C(C)c1cccc(C(C)(C)NC(=O)OCC[n+]2cccc(CCC)c2)c1. The minimum atomic E-state index is -0.531. The second-order valence-electron chi connectivity index (χ2n) is 7.45. The molecular formula is C23H31N2O2+.